The maximum Gasteiger partial charge on any atom is 0.167 e. The molecule has 2 aromatic rings. The van der Waals surface area contributed by atoms with Crippen LogP contribution in [0, 0.1) is 0 Å². The lowest BCUT2D eigenvalue weighted by molar-refractivity contribution is 0.421. The third-order valence-corrected chi connectivity index (χ3v) is 2.97. The van der Waals surface area contributed by atoms with Crippen LogP contribution in [0.25, 0.3) is 10.9 Å². The highest BCUT2D eigenvalue weighted by atomic mass is 35.5. The summed E-state index contributed by atoms with van der Waals surface area (Å²) in [6, 6.07) is 2.02. The number of anilines is 1. The van der Waals surface area contributed by atoms with Crippen molar-refractivity contribution in [3.05, 3.63) is 17.8 Å². The zero-order chi connectivity index (χ0) is 10.4. The Labute approximate surface area is 99.6 Å². The highest BCUT2D eigenvalue weighted by molar-refractivity contribution is 5.92. The van der Waals surface area contributed by atoms with Gasteiger partial charge in [-0.15, -0.1) is 12.4 Å². The molecule has 0 saturated heterocycles. The van der Waals surface area contributed by atoms with Gasteiger partial charge >= 0.3 is 0 Å². The molecule has 0 radical (unpaired) electrons. The Bertz CT molecular complexity index is 519. The highest BCUT2D eigenvalue weighted by Crippen LogP contribution is 2.46. The number of ether oxygens (including phenoxy) is 1. The highest BCUT2D eigenvalue weighted by Gasteiger charge is 2.27. The van der Waals surface area contributed by atoms with Gasteiger partial charge in [-0.05, 0) is 30.4 Å². The Balaban J connectivity index is 0.000000963. The summed E-state index contributed by atoms with van der Waals surface area (Å²) < 4.78 is 5.28. The van der Waals surface area contributed by atoms with Gasteiger partial charge in [0.15, 0.2) is 5.75 Å². The second kappa shape index (κ2) is 3.87. The largest absolute Gasteiger partial charge is 0.492 e. The Hall–Kier alpha value is -1.42. The van der Waals surface area contributed by atoms with Crippen molar-refractivity contribution in [1.82, 2.24) is 10.2 Å². The summed E-state index contributed by atoms with van der Waals surface area (Å²) in [5, 5.41) is 8.15. The van der Waals surface area contributed by atoms with Crippen molar-refractivity contribution in [3.8, 4) is 5.75 Å². The van der Waals surface area contributed by atoms with Crippen LogP contribution in [-0.4, -0.2) is 17.3 Å². The molecule has 5 heteroatoms. The molecule has 0 spiro atoms. The van der Waals surface area contributed by atoms with Gasteiger partial charge in [-0.1, -0.05) is 0 Å². The van der Waals surface area contributed by atoms with E-state index in [-0.39, 0.29) is 12.4 Å². The van der Waals surface area contributed by atoms with Crippen LogP contribution in [0.3, 0.4) is 0 Å². The van der Waals surface area contributed by atoms with Crippen LogP contribution in [0.4, 0.5) is 5.69 Å². The van der Waals surface area contributed by atoms with Gasteiger partial charge in [0.25, 0.3) is 0 Å². The van der Waals surface area contributed by atoms with Crippen molar-refractivity contribution in [1.29, 1.82) is 0 Å². The Morgan fingerprint density at radius 3 is 2.88 bits per heavy atom. The van der Waals surface area contributed by atoms with Crippen molar-refractivity contribution < 1.29 is 4.74 Å². The molecular formula is C11H14ClN3O. The van der Waals surface area contributed by atoms with Gasteiger partial charge in [0.2, 0.25) is 0 Å². The average Bonchev–Trinajstić information content (AvgIpc) is 2.96. The van der Waals surface area contributed by atoms with E-state index in [9.17, 15) is 0 Å². The monoisotopic (exact) mass is 239 g/mol. The third kappa shape index (κ3) is 1.50. The summed E-state index contributed by atoms with van der Waals surface area (Å²) in [6.45, 7) is 0. The molecule has 1 aliphatic carbocycles. The molecule has 1 heterocycles. The van der Waals surface area contributed by atoms with E-state index in [1.54, 1.807) is 7.11 Å². The topological polar surface area (TPSA) is 63.9 Å². The Kier molecular flexibility index (Phi) is 2.68. The molecule has 86 valence electrons. The zero-order valence-electron chi connectivity index (χ0n) is 8.99. The van der Waals surface area contributed by atoms with Crippen molar-refractivity contribution in [2.75, 3.05) is 12.8 Å². The first kappa shape index (κ1) is 11.1. The summed E-state index contributed by atoms with van der Waals surface area (Å²) in [5.41, 5.74) is 8.86. The standard InChI is InChI=1S/C11H13N3O.ClH/c1-15-11-9(12)4-7(6-2-3-6)8-5-13-14-10(8)11;/h4-6H,2-3,12H2,1H3,(H,13,14);1H. The fourth-order valence-electron chi connectivity index (χ4n) is 2.09. The van der Waals surface area contributed by atoms with Gasteiger partial charge in [-0.25, -0.2) is 0 Å². The molecule has 0 unspecified atom stereocenters. The van der Waals surface area contributed by atoms with Gasteiger partial charge in [-0.3, -0.25) is 5.10 Å². The van der Waals surface area contributed by atoms with E-state index in [0.717, 1.165) is 10.9 Å². The SMILES string of the molecule is COc1c(N)cc(C2CC2)c2cn[nH]c12.Cl. The number of hydrogen-bond acceptors (Lipinski definition) is 3. The molecule has 4 nitrogen and oxygen atoms in total. The minimum absolute atomic E-state index is 0. The van der Waals surface area contributed by atoms with Crippen LogP contribution < -0.4 is 10.5 Å². The Morgan fingerprint density at radius 1 is 1.50 bits per heavy atom. The number of halogens is 1. The van der Waals surface area contributed by atoms with Crippen molar-refractivity contribution in [2.45, 2.75) is 18.8 Å². The summed E-state index contributed by atoms with van der Waals surface area (Å²) in [4.78, 5) is 0. The van der Waals surface area contributed by atoms with E-state index in [4.69, 9.17) is 10.5 Å². The van der Waals surface area contributed by atoms with E-state index in [1.165, 1.54) is 18.4 Å². The second-order valence-electron chi connectivity index (χ2n) is 4.02. The minimum atomic E-state index is 0. The van der Waals surface area contributed by atoms with Crippen LogP contribution >= 0.6 is 12.4 Å². The number of H-pyrrole nitrogens is 1. The molecule has 0 aliphatic heterocycles. The first-order valence-electron chi connectivity index (χ1n) is 5.10. The molecule has 1 saturated carbocycles. The first-order chi connectivity index (χ1) is 7.31. The van der Waals surface area contributed by atoms with E-state index in [0.29, 0.717) is 17.4 Å². The molecule has 3 N–H and O–H groups in total. The number of fused-ring (bicyclic) bond motifs is 1. The van der Waals surface area contributed by atoms with Gasteiger partial charge in [0.1, 0.15) is 5.52 Å². The molecule has 0 amide bonds. The number of rotatable bonds is 2. The number of nitrogen functional groups attached to an aromatic ring is 1. The van der Waals surface area contributed by atoms with Crippen LogP contribution in [0.5, 0.6) is 5.75 Å². The predicted octanol–water partition coefficient (Wildman–Crippen LogP) is 2.45. The maximum atomic E-state index is 5.95. The van der Waals surface area contributed by atoms with Crippen LogP contribution in [-0.2, 0) is 0 Å². The number of nitrogens with one attached hydrogen (secondary N) is 1. The molecular weight excluding hydrogens is 226 g/mol. The number of nitrogens with zero attached hydrogens (tertiary/aromatic N) is 1. The zero-order valence-corrected chi connectivity index (χ0v) is 9.80. The van der Waals surface area contributed by atoms with E-state index in [1.807, 2.05) is 12.3 Å². The molecule has 0 bridgehead atoms. The Morgan fingerprint density at radius 2 is 2.25 bits per heavy atom. The summed E-state index contributed by atoms with van der Waals surface area (Å²) in [6.07, 6.45) is 4.36. The summed E-state index contributed by atoms with van der Waals surface area (Å²) >= 11 is 0. The third-order valence-electron chi connectivity index (χ3n) is 2.97. The fraction of sp³-hybridized carbons (Fsp3) is 0.364. The smallest absolute Gasteiger partial charge is 0.167 e. The molecule has 1 fully saturated rings. The maximum absolute atomic E-state index is 5.95. The number of methoxy groups -OCH3 is 1. The number of hydrogen-bond donors (Lipinski definition) is 2. The molecule has 16 heavy (non-hydrogen) atoms. The van der Waals surface area contributed by atoms with Gasteiger partial charge in [-0.2, -0.15) is 5.10 Å². The van der Waals surface area contributed by atoms with Crippen LogP contribution in [0.2, 0.25) is 0 Å². The van der Waals surface area contributed by atoms with Crippen LogP contribution in [0.15, 0.2) is 12.3 Å². The van der Waals surface area contributed by atoms with E-state index >= 15 is 0 Å². The van der Waals surface area contributed by atoms with Gasteiger partial charge in [0.05, 0.1) is 19.0 Å². The molecule has 3 rings (SSSR count). The lowest BCUT2D eigenvalue weighted by Gasteiger charge is -2.08. The first-order valence-corrected chi connectivity index (χ1v) is 5.10. The number of aromatic amines is 1. The lowest BCUT2D eigenvalue weighted by Crippen LogP contribution is -1.95. The number of nitrogens with two attached hydrogens (primary N) is 1. The number of benzene rings is 1. The normalized spacial score (nSPS) is 14.8. The van der Waals surface area contributed by atoms with E-state index < -0.39 is 0 Å². The van der Waals surface area contributed by atoms with Crippen molar-refractivity contribution in [3.63, 3.8) is 0 Å². The van der Waals surface area contributed by atoms with Crippen molar-refractivity contribution >= 4 is 29.0 Å². The molecule has 1 aromatic heterocycles. The average molecular weight is 240 g/mol. The summed E-state index contributed by atoms with van der Waals surface area (Å²) in [5.74, 6) is 1.37. The van der Waals surface area contributed by atoms with Crippen LogP contribution in [0.1, 0.15) is 24.3 Å². The second-order valence-corrected chi connectivity index (χ2v) is 4.02. The van der Waals surface area contributed by atoms with Crippen molar-refractivity contribution in [2.24, 2.45) is 0 Å². The molecule has 1 aliphatic rings. The lowest BCUT2D eigenvalue weighted by atomic mass is 10.0. The minimum Gasteiger partial charge on any atom is -0.492 e. The molecule has 0 atom stereocenters. The molecule has 1 aromatic carbocycles. The quantitative estimate of drug-likeness (QED) is 0.792. The van der Waals surface area contributed by atoms with E-state index in [2.05, 4.69) is 10.2 Å². The number of aromatic nitrogens is 2. The fourth-order valence-corrected chi connectivity index (χ4v) is 2.09. The van der Waals surface area contributed by atoms with Gasteiger partial charge in [0, 0.05) is 5.39 Å². The predicted molar refractivity (Wildman–Crippen MR) is 66.3 cm³/mol. The summed E-state index contributed by atoms with van der Waals surface area (Å²) in [7, 11) is 1.63. The van der Waals surface area contributed by atoms with Gasteiger partial charge < -0.3 is 10.5 Å².